The number of ether oxygens (including phenoxy) is 1. The summed E-state index contributed by atoms with van der Waals surface area (Å²) >= 11 is 0. The average molecular weight is 404 g/mol. The van der Waals surface area contributed by atoms with Crippen LogP contribution in [-0.2, 0) is 12.8 Å². The van der Waals surface area contributed by atoms with Crippen molar-refractivity contribution in [2.75, 3.05) is 6.54 Å². The molecule has 0 bridgehead atoms. The van der Waals surface area contributed by atoms with Crippen molar-refractivity contribution < 1.29 is 18.8 Å². The van der Waals surface area contributed by atoms with Crippen molar-refractivity contribution in [3.63, 3.8) is 0 Å². The van der Waals surface area contributed by atoms with Gasteiger partial charge in [0, 0.05) is 24.5 Å². The SMILES string of the molecule is CCCc1cc(C(=O)NC[C@H]2Cc3cc(-c4ccccc4C(C)=O)ccc3O2)no1. The quantitative estimate of drug-likeness (QED) is 0.596. The minimum atomic E-state index is -0.267. The van der Waals surface area contributed by atoms with Crippen LogP contribution in [0.2, 0.25) is 0 Å². The molecule has 154 valence electrons. The Balaban J connectivity index is 1.41. The Labute approximate surface area is 175 Å². The van der Waals surface area contributed by atoms with Crippen LogP contribution in [0.25, 0.3) is 11.1 Å². The molecule has 30 heavy (non-hydrogen) atoms. The predicted molar refractivity (Wildman–Crippen MR) is 113 cm³/mol. The molecule has 1 aliphatic rings. The van der Waals surface area contributed by atoms with E-state index in [2.05, 4.69) is 16.5 Å². The fourth-order valence-corrected chi connectivity index (χ4v) is 3.72. The number of aryl methyl sites for hydroxylation is 1. The third-order valence-electron chi connectivity index (χ3n) is 5.20. The van der Waals surface area contributed by atoms with Gasteiger partial charge in [-0.15, -0.1) is 0 Å². The number of amides is 1. The van der Waals surface area contributed by atoms with Crippen LogP contribution in [0.3, 0.4) is 0 Å². The maximum Gasteiger partial charge on any atom is 0.273 e. The largest absolute Gasteiger partial charge is 0.488 e. The van der Waals surface area contributed by atoms with Crippen molar-refractivity contribution in [3.8, 4) is 16.9 Å². The summed E-state index contributed by atoms with van der Waals surface area (Å²) in [5, 5.41) is 6.70. The van der Waals surface area contributed by atoms with Gasteiger partial charge in [0.05, 0.1) is 6.54 Å². The lowest BCUT2D eigenvalue weighted by atomic mass is 9.95. The molecule has 3 aromatic rings. The lowest BCUT2D eigenvalue weighted by Crippen LogP contribution is -2.34. The Morgan fingerprint density at radius 3 is 2.80 bits per heavy atom. The number of carbonyl (C=O) groups is 2. The maximum absolute atomic E-state index is 12.3. The maximum atomic E-state index is 12.3. The van der Waals surface area contributed by atoms with E-state index in [1.165, 1.54) is 0 Å². The minimum Gasteiger partial charge on any atom is -0.488 e. The van der Waals surface area contributed by atoms with Gasteiger partial charge in [0.15, 0.2) is 11.5 Å². The molecule has 2 heterocycles. The number of nitrogens with zero attached hydrogens (tertiary/aromatic N) is 1. The number of rotatable bonds is 7. The summed E-state index contributed by atoms with van der Waals surface area (Å²) in [7, 11) is 0. The molecule has 1 aliphatic heterocycles. The van der Waals surface area contributed by atoms with Crippen LogP contribution in [0.4, 0.5) is 0 Å². The van der Waals surface area contributed by atoms with Gasteiger partial charge in [-0.05, 0) is 42.2 Å². The number of nitrogens with one attached hydrogen (secondary N) is 1. The number of fused-ring (bicyclic) bond motifs is 1. The molecule has 2 aromatic carbocycles. The first-order chi connectivity index (χ1) is 14.5. The highest BCUT2D eigenvalue weighted by molar-refractivity contribution is 6.00. The lowest BCUT2D eigenvalue weighted by Gasteiger charge is -2.11. The predicted octanol–water partition coefficient (Wildman–Crippen LogP) is 4.23. The highest BCUT2D eigenvalue weighted by Crippen LogP contribution is 2.34. The molecular formula is C24H24N2O4. The number of carbonyl (C=O) groups excluding carboxylic acids is 2. The van der Waals surface area contributed by atoms with Gasteiger partial charge in [0.1, 0.15) is 17.6 Å². The minimum absolute atomic E-state index is 0.0397. The van der Waals surface area contributed by atoms with Gasteiger partial charge in [-0.1, -0.05) is 42.4 Å². The Hall–Kier alpha value is -3.41. The summed E-state index contributed by atoms with van der Waals surface area (Å²) in [5.41, 5.74) is 3.96. The van der Waals surface area contributed by atoms with E-state index in [9.17, 15) is 9.59 Å². The number of Topliss-reactive ketones (excluding diaryl/α,β-unsaturated/α-hetero) is 1. The molecule has 0 unspecified atom stereocenters. The highest BCUT2D eigenvalue weighted by Gasteiger charge is 2.25. The molecule has 4 rings (SSSR count). The van der Waals surface area contributed by atoms with Crippen molar-refractivity contribution in [2.24, 2.45) is 0 Å². The molecule has 1 N–H and O–H groups in total. The van der Waals surface area contributed by atoms with E-state index < -0.39 is 0 Å². The van der Waals surface area contributed by atoms with Crippen LogP contribution in [0.15, 0.2) is 53.1 Å². The molecule has 1 aromatic heterocycles. The number of hydrogen-bond acceptors (Lipinski definition) is 5. The van der Waals surface area contributed by atoms with Crippen LogP contribution < -0.4 is 10.1 Å². The van der Waals surface area contributed by atoms with E-state index in [0.717, 1.165) is 35.3 Å². The second-order valence-electron chi connectivity index (χ2n) is 7.51. The molecule has 6 nitrogen and oxygen atoms in total. The highest BCUT2D eigenvalue weighted by atomic mass is 16.5. The van der Waals surface area contributed by atoms with E-state index in [-0.39, 0.29) is 23.5 Å². The van der Waals surface area contributed by atoms with Gasteiger partial charge < -0.3 is 14.6 Å². The zero-order valence-corrected chi connectivity index (χ0v) is 17.1. The summed E-state index contributed by atoms with van der Waals surface area (Å²) in [5.74, 6) is 1.30. The van der Waals surface area contributed by atoms with E-state index in [4.69, 9.17) is 9.26 Å². The summed E-state index contributed by atoms with van der Waals surface area (Å²) in [6.45, 7) is 4.00. The molecule has 0 saturated heterocycles. The Bertz CT molecular complexity index is 1090. The van der Waals surface area contributed by atoms with Gasteiger partial charge in [0.25, 0.3) is 5.91 Å². The monoisotopic (exact) mass is 404 g/mol. The van der Waals surface area contributed by atoms with Crippen molar-refractivity contribution in [3.05, 3.63) is 71.1 Å². The first-order valence-electron chi connectivity index (χ1n) is 10.2. The first kappa shape index (κ1) is 19.9. The summed E-state index contributed by atoms with van der Waals surface area (Å²) in [6, 6.07) is 15.2. The first-order valence-corrected chi connectivity index (χ1v) is 10.2. The third kappa shape index (κ3) is 4.13. The van der Waals surface area contributed by atoms with Crippen LogP contribution in [0, 0.1) is 0 Å². The van der Waals surface area contributed by atoms with Crippen LogP contribution in [0.1, 0.15) is 52.4 Å². The molecule has 0 spiro atoms. The summed E-state index contributed by atoms with van der Waals surface area (Å²) < 4.78 is 11.1. The fourth-order valence-electron chi connectivity index (χ4n) is 3.72. The zero-order valence-electron chi connectivity index (χ0n) is 17.1. The van der Waals surface area contributed by atoms with Crippen molar-refractivity contribution >= 4 is 11.7 Å². The molecule has 1 atom stereocenters. The number of hydrogen-bond donors (Lipinski definition) is 1. The van der Waals surface area contributed by atoms with Crippen molar-refractivity contribution in [1.82, 2.24) is 10.5 Å². The number of ketones is 1. The smallest absolute Gasteiger partial charge is 0.273 e. The molecule has 0 saturated carbocycles. The standard InChI is InChI=1S/C24H24N2O4/c1-3-6-18-13-22(26-30-18)24(28)25-14-19-12-17-11-16(9-10-23(17)29-19)21-8-5-4-7-20(21)15(2)27/h4-5,7-11,13,19H,3,6,12,14H2,1-2H3,(H,25,28)/t19-/m1/s1. The normalized spacial score (nSPS) is 14.8. The van der Waals surface area contributed by atoms with Crippen LogP contribution in [-0.4, -0.2) is 29.5 Å². The lowest BCUT2D eigenvalue weighted by molar-refractivity contribution is 0.0923. The van der Waals surface area contributed by atoms with E-state index in [0.29, 0.717) is 24.3 Å². The Kier molecular flexibility index (Phi) is 5.65. The second-order valence-corrected chi connectivity index (χ2v) is 7.51. The number of benzene rings is 2. The van der Waals surface area contributed by atoms with E-state index in [1.54, 1.807) is 13.0 Å². The van der Waals surface area contributed by atoms with Gasteiger partial charge >= 0.3 is 0 Å². The third-order valence-corrected chi connectivity index (χ3v) is 5.20. The van der Waals surface area contributed by atoms with Crippen LogP contribution in [0.5, 0.6) is 5.75 Å². The fraction of sp³-hybridized carbons (Fsp3) is 0.292. The van der Waals surface area contributed by atoms with E-state index >= 15 is 0 Å². The molecule has 0 radical (unpaired) electrons. The van der Waals surface area contributed by atoms with Gasteiger partial charge in [-0.3, -0.25) is 9.59 Å². The van der Waals surface area contributed by atoms with Gasteiger partial charge in [-0.2, -0.15) is 0 Å². The number of aromatic nitrogens is 1. The topological polar surface area (TPSA) is 81.4 Å². The molecule has 0 fully saturated rings. The molecule has 0 aliphatic carbocycles. The molecule has 1 amide bonds. The van der Waals surface area contributed by atoms with Crippen molar-refractivity contribution in [2.45, 2.75) is 39.2 Å². The summed E-state index contributed by atoms with van der Waals surface area (Å²) in [4.78, 5) is 24.3. The van der Waals surface area contributed by atoms with Gasteiger partial charge in [0.2, 0.25) is 0 Å². The zero-order chi connectivity index (χ0) is 21.1. The molecule has 6 heteroatoms. The van der Waals surface area contributed by atoms with Crippen LogP contribution >= 0.6 is 0 Å². The molecular weight excluding hydrogens is 380 g/mol. The van der Waals surface area contributed by atoms with E-state index in [1.807, 2.05) is 43.3 Å². The van der Waals surface area contributed by atoms with Gasteiger partial charge in [-0.25, -0.2) is 0 Å². The summed E-state index contributed by atoms with van der Waals surface area (Å²) in [6.07, 6.45) is 2.23. The second kappa shape index (κ2) is 8.53. The average Bonchev–Trinajstić information content (AvgIpc) is 3.38. The Morgan fingerprint density at radius 1 is 1.17 bits per heavy atom. The van der Waals surface area contributed by atoms with Crippen molar-refractivity contribution in [1.29, 1.82) is 0 Å². The Morgan fingerprint density at radius 2 is 2.00 bits per heavy atom.